The van der Waals surface area contributed by atoms with Crippen molar-refractivity contribution in [3.05, 3.63) is 36.0 Å². The molecule has 0 fully saturated rings. The molecule has 0 spiro atoms. The van der Waals surface area contributed by atoms with Gasteiger partial charge in [-0.1, -0.05) is 37.3 Å². The zero-order chi connectivity index (χ0) is 8.97. The number of hydrogen-bond donors (Lipinski definition) is 1. The molecule has 0 aromatic heterocycles. The van der Waals surface area contributed by atoms with Crippen molar-refractivity contribution in [3.8, 4) is 0 Å². The van der Waals surface area contributed by atoms with Gasteiger partial charge >= 0.3 is 0 Å². The monoisotopic (exact) mass is 164 g/mol. The number of hydrogen-bond acceptors (Lipinski definition) is 1. The first-order chi connectivity index (χ1) is 5.75. The summed E-state index contributed by atoms with van der Waals surface area (Å²) in [7, 11) is 0. The molecule has 12 heavy (non-hydrogen) atoms. The highest BCUT2D eigenvalue weighted by Gasteiger charge is 2.21. The van der Waals surface area contributed by atoms with E-state index in [9.17, 15) is 5.11 Å². The van der Waals surface area contributed by atoms with Crippen LogP contribution in [0.15, 0.2) is 36.0 Å². The molecule has 0 heterocycles. The summed E-state index contributed by atoms with van der Waals surface area (Å²) in [5.74, 6) is 0.298. The summed E-state index contributed by atoms with van der Waals surface area (Å²) in [6, 6.07) is 0. The normalized spacial score (nSPS) is 30.4. The van der Waals surface area contributed by atoms with E-state index < -0.39 is 0 Å². The van der Waals surface area contributed by atoms with E-state index in [1.54, 1.807) is 0 Å². The molecule has 66 valence electrons. The summed E-state index contributed by atoms with van der Waals surface area (Å²) in [5.41, 5.74) is 1.25. The molecule has 0 aliphatic heterocycles. The molecule has 0 aromatic carbocycles. The maximum absolute atomic E-state index is 9.42. The van der Waals surface area contributed by atoms with Crippen LogP contribution in [0.4, 0.5) is 0 Å². The van der Waals surface area contributed by atoms with Gasteiger partial charge in [0.05, 0.1) is 6.10 Å². The summed E-state index contributed by atoms with van der Waals surface area (Å²) in [4.78, 5) is 0. The standard InChI is InChI=1S/C11H16O/c1-3-4-5-6-10-7-8-11(12)9(10)2/h3-7,9,11-12H,8H2,1-2H3/b4-3-,6-5-/t9-,11?/m0/s1. The van der Waals surface area contributed by atoms with Gasteiger partial charge in [0.15, 0.2) is 0 Å². The van der Waals surface area contributed by atoms with Crippen LogP contribution in [0.5, 0.6) is 0 Å². The summed E-state index contributed by atoms with van der Waals surface area (Å²) in [5, 5.41) is 9.42. The predicted octanol–water partition coefficient (Wildman–Crippen LogP) is 2.45. The Hall–Kier alpha value is -0.820. The second-order valence-electron chi connectivity index (χ2n) is 3.18. The van der Waals surface area contributed by atoms with Crippen molar-refractivity contribution >= 4 is 0 Å². The van der Waals surface area contributed by atoms with Crippen molar-refractivity contribution < 1.29 is 5.11 Å². The Balaban J connectivity index is 2.54. The van der Waals surface area contributed by atoms with Gasteiger partial charge in [-0.15, -0.1) is 0 Å². The van der Waals surface area contributed by atoms with E-state index in [0.717, 1.165) is 6.42 Å². The van der Waals surface area contributed by atoms with Crippen molar-refractivity contribution in [3.63, 3.8) is 0 Å². The molecule has 1 heteroatoms. The number of aliphatic hydroxyl groups is 1. The lowest BCUT2D eigenvalue weighted by molar-refractivity contribution is 0.149. The van der Waals surface area contributed by atoms with Crippen LogP contribution in [0.1, 0.15) is 20.3 Å². The Morgan fingerprint density at radius 3 is 2.75 bits per heavy atom. The molecule has 1 rings (SSSR count). The minimum Gasteiger partial charge on any atom is -0.392 e. The Bertz CT molecular complexity index is 223. The first-order valence-electron chi connectivity index (χ1n) is 4.43. The molecule has 1 unspecified atom stereocenters. The summed E-state index contributed by atoms with van der Waals surface area (Å²) in [6.45, 7) is 4.05. The molecule has 0 radical (unpaired) electrons. The molecule has 0 amide bonds. The fourth-order valence-corrected chi connectivity index (χ4v) is 1.37. The van der Waals surface area contributed by atoms with Crippen molar-refractivity contribution in [2.75, 3.05) is 0 Å². The predicted molar refractivity (Wildman–Crippen MR) is 51.8 cm³/mol. The van der Waals surface area contributed by atoms with Crippen molar-refractivity contribution in [2.24, 2.45) is 5.92 Å². The lowest BCUT2D eigenvalue weighted by Gasteiger charge is -2.09. The van der Waals surface area contributed by atoms with Crippen molar-refractivity contribution in [1.29, 1.82) is 0 Å². The van der Waals surface area contributed by atoms with Crippen LogP contribution in [0.25, 0.3) is 0 Å². The molecule has 0 saturated heterocycles. The summed E-state index contributed by atoms with van der Waals surface area (Å²) < 4.78 is 0. The molecule has 0 bridgehead atoms. The SMILES string of the molecule is C/C=C\C=C/C1=CCC(O)[C@H]1C. The van der Waals surface area contributed by atoms with E-state index in [-0.39, 0.29) is 6.10 Å². The quantitative estimate of drug-likeness (QED) is 0.621. The van der Waals surface area contributed by atoms with E-state index in [0.29, 0.717) is 5.92 Å². The van der Waals surface area contributed by atoms with E-state index >= 15 is 0 Å². The van der Waals surface area contributed by atoms with Gasteiger partial charge in [0.2, 0.25) is 0 Å². The highest BCUT2D eigenvalue weighted by molar-refractivity contribution is 5.28. The van der Waals surface area contributed by atoms with Crippen LogP contribution in [0.2, 0.25) is 0 Å². The van der Waals surface area contributed by atoms with Crippen LogP contribution >= 0.6 is 0 Å². The van der Waals surface area contributed by atoms with E-state index in [1.807, 2.05) is 25.2 Å². The summed E-state index contributed by atoms with van der Waals surface area (Å²) >= 11 is 0. The van der Waals surface area contributed by atoms with Crippen molar-refractivity contribution in [2.45, 2.75) is 26.4 Å². The minimum atomic E-state index is -0.171. The van der Waals surface area contributed by atoms with Gasteiger partial charge in [-0.05, 0) is 18.9 Å². The van der Waals surface area contributed by atoms with Gasteiger partial charge in [0, 0.05) is 5.92 Å². The molecule has 1 aliphatic rings. The first kappa shape index (κ1) is 9.27. The second kappa shape index (κ2) is 4.27. The summed E-state index contributed by atoms with van der Waals surface area (Å²) in [6.07, 6.45) is 10.8. The lowest BCUT2D eigenvalue weighted by atomic mass is 10.0. The molecule has 2 atom stereocenters. The van der Waals surface area contributed by atoms with Crippen LogP contribution in [-0.4, -0.2) is 11.2 Å². The number of aliphatic hydroxyl groups excluding tert-OH is 1. The van der Waals surface area contributed by atoms with Crippen LogP contribution < -0.4 is 0 Å². The van der Waals surface area contributed by atoms with E-state index in [4.69, 9.17) is 0 Å². The molecule has 1 N–H and O–H groups in total. The average Bonchev–Trinajstić information content (AvgIpc) is 2.36. The number of rotatable bonds is 2. The molecule has 0 aromatic rings. The minimum absolute atomic E-state index is 0.171. The van der Waals surface area contributed by atoms with Gasteiger partial charge in [-0.3, -0.25) is 0 Å². The first-order valence-corrected chi connectivity index (χ1v) is 4.43. The fraction of sp³-hybridized carbons (Fsp3) is 0.455. The van der Waals surface area contributed by atoms with Gasteiger partial charge in [-0.2, -0.15) is 0 Å². The third kappa shape index (κ3) is 2.08. The van der Waals surface area contributed by atoms with Gasteiger partial charge in [-0.25, -0.2) is 0 Å². The average molecular weight is 164 g/mol. The molecule has 1 aliphatic carbocycles. The fourth-order valence-electron chi connectivity index (χ4n) is 1.37. The molecule has 1 nitrogen and oxygen atoms in total. The smallest absolute Gasteiger partial charge is 0.0640 e. The maximum atomic E-state index is 9.42. The zero-order valence-electron chi connectivity index (χ0n) is 7.70. The Labute approximate surface area is 74.1 Å². The maximum Gasteiger partial charge on any atom is 0.0640 e. The topological polar surface area (TPSA) is 20.2 Å². The second-order valence-corrected chi connectivity index (χ2v) is 3.18. The molecular formula is C11H16O. The van der Waals surface area contributed by atoms with E-state index in [2.05, 4.69) is 19.1 Å². The van der Waals surface area contributed by atoms with Gasteiger partial charge < -0.3 is 5.11 Å². The van der Waals surface area contributed by atoms with Gasteiger partial charge in [0.1, 0.15) is 0 Å². The van der Waals surface area contributed by atoms with Crippen LogP contribution in [0, 0.1) is 5.92 Å². The third-order valence-corrected chi connectivity index (χ3v) is 2.29. The molecular weight excluding hydrogens is 148 g/mol. The largest absolute Gasteiger partial charge is 0.392 e. The Kier molecular flexibility index (Phi) is 3.30. The highest BCUT2D eigenvalue weighted by Crippen LogP contribution is 2.26. The highest BCUT2D eigenvalue weighted by atomic mass is 16.3. The van der Waals surface area contributed by atoms with Crippen LogP contribution in [-0.2, 0) is 0 Å². The van der Waals surface area contributed by atoms with Gasteiger partial charge in [0.25, 0.3) is 0 Å². The third-order valence-electron chi connectivity index (χ3n) is 2.29. The Morgan fingerprint density at radius 1 is 1.50 bits per heavy atom. The van der Waals surface area contributed by atoms with Crippen molar-refractivity contribution in [1.82, 2.24) is 0 Å². The molecule has 0 saturated carbocycles. The number of allylic oxidation sites excluding steroid dienone is 4. The van der Waals surface area contributed by atoms with Crippen LogP contribution in [0.3, 0.4) is 0 Å². The zero-order valence-corrected chi connectivity index (χ0v) is 7.70. The lowest BCUT2D eigenvalue weighted by Crippen LogP contribution is -2.11. The Morgan fingerprint density at radius 2 is 2.25 bits per heavy atom. The van der Waals surface area contributed by atoms with E-state index in [1.165, 1.54) is 5.57 Å².